The van der Waals surface area contributed by atoms with Gasteiger partial charge in [0.2, 0.25) is 0 Å². The number of thiophene rings is 1. The van der Waals surface area contributed by atoms with E-state index in [1.165, 1.54) is 50.2 Å². The van der Waals surface area contributed by atoms with Crippen LogP contribution >= 0.6 is 11.3 Å². The Labute approximate surface area is 115 Å². The maximum Gasteiger partial charge on any atom is 0.0388 e. The van der Waals surface area contributed by atoms with Crippen LogP contribution in [0.25, 0.3) is 0 Å². The van der Waals surface area contributed by atoms with Gasteiger partial charge in [0.15, 0.2) is 0 Å². The lowest BCUT2D eigenvalue weighted by Gasteiger charge is -2.33. The molecule has 0 bridgehead atoms. The van der Waals surface area contributed by atoms with Crippen LogP contribution in [0.2, 0.25) is 0 Å². The standard InChI is InChI=1S/C15H26N2S/c1-3-4-9-17-10-7-14(8-11-17)16-13(2)15-6-5-12-18-15/h5-6,12-14,16H,3-4,7-11H2,1-2H3. The molecule has 1 aliphatic rings. The van der Waals surface area contributed by atoms with Gasteiger partial charge in [0.1, 0.15) is 0 Å². The monoisotopic (exact) mass is 266 g/mol. The van der Waals surface area contributed by atoms with Crippen molar-refractivity contribution in [3.63, 3.8) is 0 Å². The van der Waals surface area contributed by atoms with E-state index in [4.69, 9.17) is 0 Å². The first-order chi connectivity index (χ1) is 8.79. The quantitative estimate of drug-likeness (QED) is 0.845. The molecule has 0 radical (unpaired) electrons. The fourth-order valence-electron chi connectivity index (χ4n) is 2.68. The zero-order chi connectivity index (χ0) is 12.8. The van der Waals surface area contributed by atoms with Gasteiger partial charge in [-0.05, 0) is 57.3 Å². The summed E-state index contributed by atoms with van der Waals surface area (Å²) in [5.41, 5.74) is 0. The third-order valence-corrected chi connectivity index (χ3v) is 4.93. The first-order valence-electron chi connectivity index (χ1n) is 7.31. The molecule has 2 rings (SSSR count). The van der Waals surface area contributed by atoms with Crippen molar-refractivity contribution in [3.8, 4) is 0 Å². The Morgan fingerprint density at radius 3 is 2.83 bits per heavy atom. The van der Waals surface area contributed by atoms with E-state index in [0.29, 0.717) is 12.1 Å². The van der Waals surface area contributed by atoms with Crippen molar-refractivity contribution in [1.29, 1.82) is 0 Å². The highest BCUT2D eigenvalue weighted by molar-refractivity contribution is 7.10. The summed E-state index contributed by atoms with van der Waals surface area (Å²) in [5.74, 6) is 0. The van der Waals surface area contributed by atoms with Crippen LogP contribution in [0, 0.1) is 0 Å². The summed E-state index contributed by atoms with van der Waals surface area (Å²) in [6.45, 7) is 8.40. The van der Waals surface area contributed by atoms with Gasteiger partial charge < -0.3 is 10.2 Å². The molecule has 0 aromatic carbocycles. The Hall–Kier alpha value is -0.380. The SMILES string of the molecule is CCCCN1CCC(NC(C)c2cccs2)CC1. The molecule has 0 spiro atoms. The Kier molecular flexibility index (Phi) is 5.67. The van der Waals surface area contributed by atoms with Gasteiger partial charge in [-0.15, -0.1) is 11.3 Å². The van der Waals surface area contributed by atoms with Crippen molar-refractivity contribution in [2.45, 2.75) is 51.6 Å². The number of hydrogen-bond acceptors (Lipinski definition) is 3. The van der Waals surface area contributed by atoms with Crippen LogP contribution in [0.3, 0.4) is 0 Å². The number of rotatable bonds is 6. The van der Waals surface area contributed by atoms with Crippen molar-refractivity contribution >= 4 is 11.3 Å². The maximum absolute atomic E-state index is 3.78. The second-order valence-electron chi connectivity index (χ2n) is 5.37. The Balaban J connectivity index is 1.70. The second-order valence-corrected chi connectivity index (χ2v) is 6.35. The van der Waals surface area contributed by atoms with Gasteiger partial charge in [0, 0.05) is 17.0 Å². The number of likely N-dealkylation sites (tertiary alicyclic amines) is 1. The zero-order valence-electron chi connectivity index (χ0n) is 11.7. The minimum absolute atomic E-state index is 0.511. The van der Waals surface area contributed by atoms with Gasteiger partial charge in [-0.25, -0.2) is 0 Å². The van der Waals surface area contributed by atoms with Gasteiger partial charge >= 0.3 is 0 Å². The van der Waals surface area contributed by atoms with E-state index in [-0.39, 0.29) is 0 Å². The molecule has 102 valence electrons. The minimum atomic E-state index is 0.511. The van der Waals surface area contributed by atoms with Gasteiger partial charge in [-0.3, -0.25) is 0 Å². The molecule has 0 saturated carbocycles. The zero-order valence-corrected chi connectivity index (χ0v) is 12.5. The highest BCUT2D eigenvalue weighted by Crippen LogP contribution is 2.21. The normalized spacial score (nSPS) is 20.1. The number of nitrogens with zero attached hydrogens (tertiary/aromatic N) is 1. The van der Waals surface area contributed by atoms with E-state index < -0.39 is 0 Å². The molecule has 0 amide bonds. The van der Waals surface area contributed by atoms with E-state index in [0.717, 1.165) is 0 Å². The highest BCUT2D eigenvalue weighted by atomic mass is 32.1. The molecule has 2 nitrogen and oxygen atoms in total. The fraction of sp³-hybridized carbons (Fsp3) is 0.733. The molecule has 1 unspecified atom stereocenters. The first kappa shape index (κ1) is 14.0. The molecule has 3 heteroatoms. The summed E-state index contributed by atoms with van der Waals surface area (Å²) < 4.78 is 0. The maximum atomic E-state index is 3.78. The lowest BCUT2D eigenvalue weighted by Crippen LogP contribution is -2.43. The summed E-state index contributed by atoms with van der Waals surface area (Å²) in [6.07, 6.45) is 5.27. The Bertz CT molecular complexity index is 315. The van der Waals surface area contributed by atoms with Crippen LogP contribution in [0.5, 0.6) is 0 Å². The number of piperidine rings is 1. The van der Waals surface area contributed by atoms with Crippen molar-refractivity contribution < 1.29 is 0 Å². The molecule has 1 fully saturated rings. The number of nitrogens with one attached hydrogen (secondary N) is 1. The lowest BCUT2D eigenvalue weighted by molar-refractivity contribution is 0.190. The summed E-state index contributed by atoms with van der Waals surface area (Å²) in [5, 5.41) is 5.95. The van der Waals surface area contributed by atoms with E-state index in [1.54, 1.807) is 0 Å². The van der Waals surface area contributed by atoms with E-state index >= 15 is 0 Å². The Morgan fingerprint density at radius 1 is 1.44 bits per heavy atom. The summed E-state index contributed by atoms with van der Waals surface area (Å²) in [6, 6.07) is 5.60. The van der Waals surface area contributed by atoms with Crippen LogP contribution < -0.4 is 5.32 Å². The van der Waals surface area contributed by atoms with Gasteiger partial charge in [-0.1, -0.05) is 19.4 Å². The summed E-state index contributed by atoms with van der Waals surface area (Å²) in [7, 11) is 0. The molecule has 1 atom stereocenters. The Morgan fingerprint density at radius 2 is 2.22 bits per heavy atom. The van der Waals surface area contributed by atoms with Gasteiger partial charge in [0.05, 0.1) is 0 Å². The lowest BCUT2D eigenvalue weighted by atomic mass is 10.0. The van der Waals surface area contributed by atoms with Crippen molar-refractivity contribution in [1.82, 2.24) is 10.2 Å². The van der Waals surface area contributed by atoms with Crippen molar-refractivity contribution in [2.24, 2.45) is 0 Å². The molecule has 18 heavy (non-hydrogen) atoms. The average molecular weight is 266 g/mol. The molecular weight excluding hydrogens is 240 g/mol. The molecule has 1 aromatic rings. The predicted octanol–water partition coefficient (Wildman–Crippen LogP) is 3.66. The van der Waals surface area contributed by atoms with Crippen molar-refractivity contribution in [2.75, 3.05) is 19.6 Å². The van der Waals surface area contributed by atoms with E-state index in [1.807, 2.05) is 11.3 Å². The summed E-state index contributed by atoms with van der Waals surface area (Å²) >= 11 is 1.86. The minimum Gasteiger partial charge on any atom is -0.307 e. The molecule has 1 N–H and O–H groups in total. The van der Waals surface area contributed by atoms with E-state index in [9.17, 15) is 0 Å². The second kappa shape index (κ2) is 7.27. The van der Waals surface area contributed by atoms with Crippen LogP contribution in [0.1, 0.15) is 50.4 Å². The van der Waals surface area contributed by atoms with E-state index in [2.05, 4.69) is 41.6 Å². The average Bonchev–Trinajstić information content (AvgIpc) is 2.92. The van der Waals surface area contributed by atoms with Crippen molar-refractivity contribution in [3.05, 3.63) is 22.4 Å². The predicted molar refractivity (Wildman–Crippen MR) is 80.2 cm³/mol. The number of hydrogen-bond donors (Lipinski definition) is 1. The largest absolute Gasteiger partial charge is 0.307 e. The smallest absolute Gasteiger partial charge is 0.0388 e. The molecule has 1 aliphatic heterocycles. The molecule has 1 saturated heterocycles. The summed E-state index contributed by atoms with van der Waals surface area (Å²) in [4.78, 5) is 4.08. The molecular formula is C15H26N2S. The van der Waals surface area contributed by atoms with Crippen LogP contribution in [0.4, 0.5) is 0 Å². The molecule has 1 aromatic heterocycles. The highest BCUT2D eigenvalue weighted by Gasteiger charge is 2.20. The van der Waals surface area contributed by atoms with Gasteiger partial charge in [-0.2, -0.15) is 0 Å². The number of unbranched alkanes of at least 4 members (excludes halogenated alkanes) is 1. The van der Waals surface area contributed by atoms with Crippen LogP contribution in [-0.4, -0.2) is 30.6 Å². The fourth-order valence-corrected chi connectivity index (χ4v) is 3.42. The van der Waals surface area contributed by atoms with Crippen LogP contribution in [0.15, 0.2) is 17.5 Å². The first-order valence-corrected chi connectivity index (χ1v) is 8.19. The topological polar surface area (TPSA) is 15.3 Å². The molecule has 2 heterocycles. The molecule has 0 aliphatic carbocycles. The third kappa shape index (κ3) is 4.08. The third-order valence-electron chi connectivity index (χ3n) is 3.87. The van der Waals surface area contributed by atoms with Crippen LogP contribution in [-0.2, 0) is 0 Å². The van der Waals surface area contributed by atoms with Gasteiger partial charge in [0.25, 0.3) is 0 Å².